The number of nitrogens with zero attached hydrogens (tertiary/aromatic N) is 4. The van der Waals surface area contributed by atoms with Gasteiger partial charge in [0.05, 0.1) is 32.8 Å². The van der Waals surface area contributed by atoms with E-state index in [0.717, 1.165) is 67.1 Å². The summed E-state index contributed by atoms with van der Waals surface area (Å²) >= 11 is 1.83. The second-order valence-corrected chi connectivity index (χ2v) is 15.0. The van der Waals surface area contributed by atoms with Crippen molar-refractivity contribution in [2.45, 2.75) is 0 Å². The molecule has 0 amide bonds. The number of hydrogen-bond acceptors (Lipinski definition) is 4. The molecule has 0 aliphatic carbocycles. The average Bonchev–Trinajstić information content (AvgIpc) is 3.82. The zero-order chi connectivity index (χ0) is 37.0. The highest BCUT2D eigenvalue weighted by Gasteiger charge is 2.24. The summed E-state index contributed by atoms with van der Waals surface area (Å²) in [7, 11) is 0. The molecule has 7 aromatic carbocycles. The van der Waals surface area contributed by atoms with Crippen molar-refractivity contribution < 1.29 is 0 Å². The van der Waals surface area contributed by atoms with E-state index in [1.54, 1.807) is 0 Å². The summed E-state index contributed by atoms with van der Waals surface area (Å²) in [4.78, 5) is 16.8. The van der Waals surface area contributed by atoms with Gasteiger partial charge in [-0.2, -0.15) is 0 Å². The van der Waals surface area contributed by atoms with Gasteiger partial charge in [-0.1, -0.05) is 164 Å². The zero-order valence-corrected chi connectivity index (χ0v) is 31.0. The summed E-state index contributed by atoms with van der Waals surface area (Å²) in [6, 6.07) is 68.1. The smallest absolute Gasteiger partial charge is 0.160 e. The van der Waals surface area contributed by atoms with Gasteiger partial charge in [-0.3, -0.25) is 0 Å². The zero-order valence-electron chi connectivity index (χ0n) is 30.2. The first-order chi connectivity index (χ1) is 27.8. The Morgan fingerprint density at radius 1 is 0.411 bits per heavy atom. The Morgan fingerprint density at radius 2 is 0.982 bits per heavy atom. The Bertz CT molecular complexity index is 3150. The average molecular weight is 733 g/mol. The van der Waals surface area contributed by atoms with E-state index in [1.165, 1.54) is 31.2 Å². The number of hydrogen-bond donors (Lipinski definition) is 0. The van der Waals surface area contributed by atoms with Crippen LogP contribution in [0.5, 0.6) is 0 Å². The fourth-order valence-electron chi connectivity index (χ4n) is 8.04. The standard InChI is InChI=1S/C51H32N4S/c1-5-16-34(17-6-1)42-32-43(54-50(53-42)37-20-9-3-10-21-37)35-30-28-33(29-31-35)39-25-15-26-41-45(39)47-46-40-24-13-14-27-44(40)55(38-22-11-4-12-23-38)51(46)56-49(47)48(52-41)36-18-7-2-8-19-36/h1-32H. The van der Waals surface area contributed by atoms with Gasteiger partial charge >= 0.3 is 0 Å². The van der Waals surface area contributed by atoms with Gasteiger partial charge in [0, 0.05) is 49.5 Å². The maximum atomic E-state index is 5.44. The van der Waals surface area contributed by atoms with Crippen LogP contribution in [0.2, 0.25) is 0 Å². The Kier molecular flexibility index (Phi) is 7.64. The summed E-state index contributed by atoms with van der Waals surface area (Å²) < 4.78 is 3.61. The molecular weight excluding hydrogens is 701 g/mol. The lowest BCUT2D eigenvalue weighted by atomic mass is 9.94. The molecule has 262 valence electrons. The SMILES string of the molecule is c1ccc(-c2cc(-c3ccc(-c4cccc5nc(-c6ccccc6)c6sc7c(c8ccccc8n7-c7ccccc7)c6c45)cc3)nc(-c3ccccc3)n2)cc1. The molecule has 5 heteroatoms. The molecule has 4 nitrogen and oxygen atoms in total. The van der Waals surface area contributed by atoms with Crippen LogP contribution in [0.4, 0.5) is 0 Å². The van der Waals surface area contributed by atoms with Crippen molar-refractivity contribution in [3.63, 3.8) is 0 Å². The van der Waals surface area contributed by atoms with Gasteiger partial charge < -0.3 is 4.57 Å². The molecule has 56 heavy (non-hydrogen) atoms. The van der Waals surface area contributed by atoms with Crippen molar-refractivity contribution in [1.82, 2.24) is 19.5 Å². The number of benzene rings is 7. The first-order valence-corrected chi connectivity index (χ1v) is 19.6. The number of thiophene rings is 1. The Labute approximate surface area is 327 Å². The number of rotatable bonds is 6. The maximum Gasteiger partial charge on any atom is 0.160 e. The molecule has 0 aliphatic heterocycles. The van der Waals surface area contributed by atoms with Crippen molar-refractivity contribution >= 4 is 53.4 Å². The molecule has 0 radical (unpaired) electrons. The Hall–Kier alpha value is -7.21. The first kappa shape index (κ1) is 32.2. The van der Waals surface area contributed by atoms with Crippen LogP contribution in [0.1, 0.15) is 0 Å². The third-order valence-corrected chi connectivity index (χ3v) is 11.8. The molecule has 0 spiro atoms. The van der Waals surface area contributed by atoms with E-state index in [4.69, 9.17) is 15.0 Å². The van der Waals surface area contributed by atoms with Crippen LogP contribution in [0.3, 0.4) is 0 Å². The highest BCUT2D eigenvalue weighted by Crippen LogP contribution is 2.49. The fourth-order valence-corrected chi connectivity index (χ4v) is 9.41. The van der Waals surface area contributed by atoms with Crippen LogP contribution >= 0.6 is 11.3 Å². The molecule has 0 N–H and O–H groups in total. The van der Waals surface area contributed by atoms with E-state index < -0.39 is 0 Å². The van der Waals surface area contributed by atoms with Crippen LogP contribution in [-0.4, -0.2) is 19.5 Å². The summed E-state index contributed by atoms with van der Waals surface area (Å²) in [5, 5.41) is 4.91. The lowest BCUT2D eigenvalue weighted by Crippen LogP contribution is -1.96. The summed E-state index contributed by atoms with van der Waals surface area (Å²) in [6.07, 6.45) is 0. The van der Waals surface area contributed by atoms with Gasteiger partial charge in [-0.05, 0) is 41.5 Å². The predicted molar refractivity (Wildman–Crippen MR) is 234 cm³/mol. The van der Waals surface area contributed by atoms with E-state index in [-0.39, 0.29) is 0 Å². The Balaban J connectivity index is 1.14. The highest BCUT2D eigenvalue weighted by molar-refractivity contribution is 7.26. The summed E-state index contributed by atoms with van der Waals surface area (Å²) in [5.74, 6) is 0.707. The lowest BCUT2D eigenvalue weighted by molar-refractivity contribution is 1.18. The molecule has 0 atom stereocenters. The monoisotopic (exact) mass is 732 g/mol. The molecule has 0 fully saturated rings. The minimum Gasteiger partial charge on any atom is -0.301 e. The van der Waals surface area contributed by atoms with Crippen molar-refractivity contribution in [3.05, 3.63) is 194 Å². The number of pyridine rings is 1. The van der Waals surface area contributed by atoms with Gasteiger partial charge in [-0.25, -0.2) is 15.0 Å². The van der Waals surface area contributed by atoms with Crippen LogP contribution in [-0.2, 0) is 0 Å². The second kappa shape index (κ2) is 13.3. The molecule has 0 saturated heterocycles. The van der Waals surface area contributed by atoms with Crippen LogP contribution in [0.15, 0.2) is 194 Å². The molecule has 0 bridgehead atoms. The van der Waals surface area contributed by atoms with Gasteiger partial charge in [0.2, 0.25) is 0 Å². The lowest BCUT2D eigenvalue weighted by Gasteiger charge is -2.13. The molecular formula is C51H32N4S. The third kappa shape index (κ3) is 5.32. The molecule has 11 aromatic rings. The van der Waals surface area contributed by atoms with Crippen LogP contribution in [0.25, 0.3) is 104 Å². The molecule has 11 rings (SSSR count). The second-order valence-electron chi connectivity index (χ2n) is 14.0. The maximum absolute atomic E-state index is 5.44. The normalized spacial score (nSPS) is 11.6. The molecule has 0 unspecified atom stereocenters. The molecule has 0 aliphatic rings. The van der Waals surface area contributed by atoms with Crippen LogP contribution < -0.4 is 0 Å². The minimum atomic E-state index is 0.707. The third-order valence-electron chi connectivity index (χ3n) is 10.6. The van der Waals surface area contributed by atoms with E-state index in [0.29, 0.717) is 5.82 Å². The van der Waals surface area contributed by atoms with Crippen molar-refractivity contribution in [2.24, 2.45) is 0 Å². The highest BCUT2D eigenvalue weighted by atomic mass is 32.1. The van der Waals surface area contributed by atoms with Gasteiger partial charge in [0.25, 0.3) is 0 Å². The number of fused-ring (bicyclic) bond motifs is 7. The van der Waals surface area contributed by atoms with Gasteiger partial charge in [-0.15, -0.1) is 11.3 Å². The topological polar surface area (TPSA) is 43.6 Å². The molecule has 0 saturated carbocycles. The Morgan fingerprint density at radius 3 is 1.68 bits per heavy atom. The van der Waals surface area contributed by atoms with Crippen LogP contribution in [0, 0.1) is 0 Å². The molecule has 4 heterocycles. The number of para-hydroxylation sites is 2. The predicted octanol–water partition coefficient (Wildman–Crippen LogP) is 13.7. The van der Waals surface area contributed by atoms with E-state index >= 15 is 0 Å². The van der Waals surface area contributed by atoms with Crippen molar-refractivity contribution in [2.75, 3.05) is 0 Å². The van der Waals surface area contributed by atoms with Gasteiger partial charge in [0.1, 0.15) is 4.83 Å². The quantitative estimate of drug-likeness (QED) is 0.171. The van der Waals surface area contributed by atoms with E-state index in [9.17, 15) is 0 Å². The van der Waals surface area contributed by atoms with Crippen molar-refractivity contribution in [3.8, 4) is 62.0 Å². The summed E-state index contributed by atoms with van der Waals surface area (Å²) in [5.41, 5.74) is 12.6. The van der Waals surface area contributed by atoms with Gasteiger partial charge in [0.15, 0.2) is 5.82 Å². The largest absolute Gasteiger partial charge is 0.301 e. The number of aromatic nitrogens is 4. The fraction of sp³-hybridized carbons (Fsp3) is 0. The molecule has 4 aromatic heterocycles. The van der Waals surface area contributed by atoms with E-state index in [2.05, 4.69) is 162 Å². The van der Waals surface area contributed by atoms with Crippen molar-refractivity contribution in [1.29, 1.82) is 0 Å². The first-order valence-electron chi connectivity index (χ1n) is 18.8. The summed E-state index contributed by atoms with van der Waals surface area (Å²) in [6.45, 7) is 0. The van der Waals surface area contributed by atoms with E-state index in [1.807, 2.05) is 47.7 Å². The minimum absolute atomic E-state index is 0.707.